The van der Waals surface area contributed by atoms with E-state index in [2.05, 4.69) is 50.2 Å². The number of rotatable bonds is 4. The Morgan fingerprint density at radius 1 is 1.18 bits per heavy atom. The molecular formula is C19H11Cl2I2NO4. The van der Waals surface area contributed by atoms with Gasteiger partial charge in [0.25, 0.3) is 0 Å². The summed E-state index contributed by atoms with van der Waals surface area (Å²) in [5.74, 6) is -0.207. The van der Waals surface area contributed by atoms with Crippen molar-refractivity contribution in [2.45, 2.75) is 13.3 Å². The molecule has 1 aliphatic heterocycles. The normalized spacial score (nSPS) is 14.8. The quantitative estimate of drug-likeness (QED) is 0.182. The average molecular weight is 642 g/mol. The largest absolute Gasteiger partial charge is 0.424 e. The number of ether oxygens (including phenoxy) is 2. The van der Waals surface area contributed by atoms with Gasteiger partial charge in [-0.3, -0.25) is 4.79 Å². The van der Waals surface area contributed by atoms with Gasteiger partial charge in [-0.15, -0.1) is 0 Å². The monoisotopic (exact) mass is 641 g/mol. The van der Waals surface area contributed by atoms with Crippen LogP contribution in [0.15, 0.2) is 41.0 Å². The van der Waals surface area contributed by atoms with Crippen molar-refractivity contribution in [2.24, 2.45) is 4.99 Å². The van der Waals surface area contributed by atoms with Crippen molar-refractivity contribution in [1.82, 2.24) is 0 Å². The number of cyclic esters (lactones) is 1. The van der Waals surface area contributed by atoms with Gasteiger partial charge in [-0.25, -0.2) is 9.79 Å². The Balaban J connectivity index is 1.92. The number of hydrogen-bond acceptors (Lipinski definition) is 5. The van der Waals surface area contributed by atoms with Crippen molar-refractivity contribution in [3.63, 3.8) is 0 Å². The molecular weight excluding hydrogens is 631 g/mol. The topological polar surface area (TPSA) is 65.0 Å². The Labute approximate surface area is 198 Å². The third-order valence-corrected chi connectivity index (χ3v) is 5.96. The van der Waals surface area contributed by atoms with E-state index in [0.717, 1.165) is 12.7 Å². The van der Waals surface area contributed by atoms with E-state index in [4.69, 9.17) is 32.7 Å². The zero-order valence-electron chi connectivity index (χ0n) is 14.3. The molecule has 3 rings (SSSR count). The molecule has 0 bridgehead atoms. The van der Waals surface area contributed by atoms with Crippen molar-refractivity contribution in [3.8, 4) is 5.75 Å². The number of esters is 2. The molecule has 1 aliphatic rings. The predicted octanol–water partition coefficient (Wildman–Crippen LogP) is 5.86. The first-order chi connectivity index (χ1) is 13.3. The summed E-state index contributed by atoms with van der Waals surface area (Å²) in [7, 11) is 0. The Kier molecular flexibility index (Phi) is 7.00. The summed E-state index contributed by atoms with van der Waals surface area (Å²) in [6.07, 6.45) is 1.90. The van der Waals surface area contributed by atoms with Gasteiger partial charge in [-0.1, -0.05) is 30.1 Å². The van der Waals surface area contributed by atoms with E-state index in [0.29, 0.717) is 21.4 Å². The summed E-state index contributed by atoms with van der Waals surface area (Å²) in [5, 5.41) is 0.746. The van der Waals surface area contributed by atoms with Crippen LogP contribution in [-0.2, 0) is 14.3 Å². The van der Waals surface area contributed by atoms with Gasteiger partial charge in [-0.2, -0.15) is 0 Å². The molecule has 1 heterocycles. The molecule has 0 saturated carbocycles. The smallest absolute Gasteiger partial charge is 0.363 e. The standard InChI is InChI=1S/C19H11Cl2I2NO4/c1-2-16(25)27-17-13(22)5-9(6-14(17)23)7-15-19(26)28-18(24-15)10-3-4-11(20)12(21)8-10/h3-8H,2H2,1H3/b15-7-. The van der Waals surface area contributed by atoms with Crippen LogP contribution >= 0.6 is 68.4 Å². The van der Waals surface area contributed by atoms with Crippen LogP contribution in [0.3, 0.4) is 0 Å². The lowest BCUT2D eigenvalue weighted by Crippen LogP contribution is -2.08. The van der Waals surface area contributed by atoms with Crippen LogP contribution in [0.1, 0.15) is 24.5 Å². The van der Waals surface area contributed by atoms with Crippen LogP contribution in [0.4, 0.5) is 0 Å². The molecule has 2 aromatic rings. The number of carbonyl (C=O) groups excluding carboxylic acids is 2. The Morgan fingerprint density at radius 3 is 2.46 bits per heavy atom. The first kappa shape index (κ1) is 21.5. The van der Waals surface area contributed by atoms with Gasteiger partial charge in [0.05, 0.1) is 17.2 Å². The van der Waals surface area contributed by atoms with E-state index in [1.54, 1.807) is 43.3 Å². The molecule has 0 unspecified atom stereocenters. The second-order valence-electron chi connectivity index (χ2n) is 5.61. The molecule has 2 aromatic carbocycles. The minimum Gasteiger partial charge on any atom is -0.424 e. The highest BCUT2D eigenvalue weighted by atomic mass is 127. The SMILES string of the molecule is CCC(=O)Oc1c(I)cc(/C=C2\N=C(c3ccc(Cl)c(Cl)c3)OC2=O)cc1I. The first-order valence-corrected chi connectivity index (χ1v) is 10.9. The molecule has 5 nitrogen and oxygen atoms in total. The van der Waals surface area contributed by atoms with E-state index < -0.39 is 5.97 Å². The molecule has 0 saturated heterocycles. The molecule has 9 heteroatoms. The summed E-state index contributed by atoms with van der Waals surface area (Å²) in [6, 6.07) is 8.47. The highest BCUT2D eigenvalue weighted by Crippen LogP contribution is 2.31. The van der Waals surface area contributed by atoms with Gasteiger partial charge in [-0.05, 0) is 87.2 Å². The molecule has 0 amide bonds. The second kappa shape index (κ2) is 9.10. The molecule has 0 atom stereocenters. The lowest BCUT2D eigenvalue weighted by molar-refractivity contribution is -0.134. The Bertz CT molecular complexity index is 1030. The van der Waals surface area contributed by atoms with Gasteiger partial charge in [0, 0.05) is 12.0 Å². The summed E-state index contributed by atoms with van der Waals surface area (Å²) < 4.78 is 12.1. The lowest BCUT2D eigenvalue weighted by atomic mass is 10.2. The van der Waals surface area contributed by atoms with Crippen LogP contribution in [0.25, 0.3) is 6.08 Å². The average Bonchev–Trinajstić information content (AvgIpc) is 3.00. The lowest BCUT2D eigenvalue weighted by Gasteiger charge is -2.09. The van der Waals surface area contributed by atoms with E-state index in [-0.39, 0.29) is 24.0 Å². The van der Waals surface area contributed by atoms with Crippen LogP contribution in [-0.4, -0.2) is 17.8 Å². The van der Waals surface area contributed by atoms with Gasteiger partial charge in [0.2, 0.25) is 5.90 Å². The fourth-order valence-corrected chi connectivity index (χ4v) is 4.60. The molecule has 0 N–H and O–H groups in total. The van der Waals surface area contributed by atoms with Gasteiger partial charge in [0.15, 0.2) is 11.4 Å². The fraction of sp³-hybridized carbons (Fsp3) is 0.105. The molecule has 0 spiro atoms. The number of hydrogen-bond donors (Lipinski definition) is 0. The molecule has 0 radical (unpaired) electrons. The zero-order chi connectivity index (χ0) is 20.4. The van der Waals surface area contributed by atoms with Crippen molar-refractivity contribution >= 4 is 92.3 Å². The van der Waals surface area contributed by atoms with E-state index in [1.165, 1.54) is 0 Å². The maximum Gasteiger partial charge on any atom is 0.363 e. The predicted molar refractivity (Wildman–Crippen MR) is 125 cm³/mol. The highest BCUT2D eigenvalue weighted by Gasteiger charge is 2.25. The molecule has 144 valence electrons. The summed E-state index contributed by atoms with van der Waals surface area (Å²) >= 11 is 16.1. The van der Waals surface area contributed by atoms with Crippen molar-refractivity contribution < 1.29 is 19.1 Å². The molecule has 28 heavy (non-hydrogen) atoms. The number of aliphatic imine (C=N–C) groups is 1. The summed E-state index contributed by atoms with van der Waals surface area (Å²) in [5.41, 5.74) is 1.44. The van der Waals surface area contributed by atoms with E-state index in [1.807, 2.05) is 0 Å². The zero-order valence-corrected chi connectivity index (χ0v) is 20.1. The number of halogens is 4. The first-order valence-electron chi connectivity index (χ1n) is 7.96. The van der Waals surface area contributed by atoms with Crippen molar-refractivity contribution in [2.75, 3.05) is 0 Å². The number of nitrogens with zero attached hydrogens (tertiary/aromatic N) is 1. The minimum absolute atomic E-state index is 0.158. The van der Waals surface area contributed by atoms with Crippen LogP contribution in [0.5, 0.6) is 5.75 Å². The summed E-state index contributed by atoms with van der Waals surface area (Å²) in [4.78, 5) is 28.0. The highest BCUT2D eigenvalue weighted by molar-refractivity contribution is 14.1. The fourth-order valence-electron chi connectivity index (χ4n) is 2.27. The number of benzene rings is 2. The van der Waals surface area contributed by atoms with E-state index >= 15 is 0 Å². The Morgan fingerprint density at radius 2 is 1.86 bits per heavy atom. The third-order valence-electron chi connectivity index (χ3n) is 3.62. The van der Waals surface area contributed by atoms with Gasteiger partial charge < -0.3 is 9.47 Å². The second-order valence-corrected chi connectivity index (χ2v) is 8.75. The van der Waals surface area contributed by atoms with Gasteiger partial charge in [0.1, 0.15) is 0 Å². The van der Waals surface area contributed by atoms with Crippen molar-refractivity contribution in [3.05, 3.63) is 64.3 Å². The van der Waals surface area contributed by atoms with Crippen LogP contribution in [0.2, 0.25) is 10.0 Å². The van der Waals surface area contributed by atoms with Crippen LogP contribution in [0, 0.1) is 7.14 Å². The minimum atomic E-state index is -0.562. The van der Waals surface area contributed by atoms with Gasteiger partial charge >= 0.3 is 11.9 Å². The third kappa shape index (κ3) is 4.87. The number of carbonyl (C=O) groups is 2. The van der Waals surface area contributed by atoms with E-state index in [9.17, 15) is 9.59 Å². The molecule has 0 aromatic heterocycles. The maximum atomic E-state index is 12.2. The maximum absolute atomic E-state index is 12.2. The molecule has 0 fully saturated rings. The Hall–Kier alpha value is -1.17. The van der Waals surface area contributed by atoms with Crippen molar-refractivity contribution in [1.29, 1.82) is 0 Å². The molecule has 0 aliphatic carbocycles. The summed E-state index contributed by atoms with van der Waals surface area (Å²) in [6.45, 7) is 1.73. The van der Waals surface area contributed by atoms with Crippen LogP contribution < -0.4 is 4.74 Å².